The van der Waals surface area contributed by atoms with Gasteiger partial charge in [-0.1, -0.05) is 23.2 Å². The molecule has 0 bridgehead atoms. The van der Waals surface area contributed by atoms with Crippen LogP contribution in [0.25, 0.3) is 0 Å². The van der Waals surface area contributed by atoms with Gasteiger partial charge < -0.3 is 5.32 Å². The maximum atomic E-state index is 12.1. The van der Waals surface area contributed by atoms with E-state index in [2.05, 4.69) is 5.32 Å². The van der Waals surface area contributed by atoms with Crippen LogP contribution in [0.3, 0.4) is 0 Å². The second kappa shape index (κ2) is 5.08. The Morgan fingerprint density at radius 2 is 2.00 bits per heavy atom. The molecule has 0 spiro atoms. The monoisotopic (exact) mass is 285 g/mol. The molecule has 0 radical (unpaired) electrons. The lowest BCUT2D eigenvalue weighted by atomic mass is 9.89. The number of hydrogen-bond donors (Lipinski definition) is 1. The van der Waals surface area contributed by atoms with Gasteiger partial charge >= 0.3 is 0 Å². The van der Waals surface area contributed by atoms with E-state index in [0.717, 1.165) is 0 Å². The molecular weight excluding hydrogens is 277 g/mol. The Morgan fingerprint density at radius 1 is 1.28 bits per heavy atom. The molecule has 1 aromatic carbocycles. The molecule has 0 saturated carbocycles. The number of piperidine rings is 1. The lowest BCUT2D eigenvalue weighted by Gasteiger charge is -2.20. The van der Waals surface area contributed by atoms with Crippen LogP contribution < -0.4 is 5.32 Å². The first kappa shape index (κ1) is 13.1. The number of carbonyl (C=O) groups excluding carboxylic acids is 3. The second-order valence-electron chi connectivity index (χ2n) is 3.93. The van der Waals surface area contributed by atoms with Crippen LogP contribution in [-0.4, -0.2) is 24.0 Å². The SMILES string of the molecule is O=C1CCNC(=O)C1C(=O)c1ccc(Cl)cc1Cl. The molecule has 1 N–H and O–H groups in total. The third-order valence-corrected chi connectivity index (χ3v) is 3.26. The van der Waals surface area contributed by atoms with E-state index in [1.807, 2.05) is 0 Å². The summed E-state index contributed by atoms with van der Waals surface area (Å²) in [5, 5.41) is 3.02. The minimum atomic E-state index is -1.29. The molecule has 0 aromatic heterocycles. The molecule has 1 aromatic rings. The van der Waals surface area contributed by atoms with E-state index in [0.29, 0.717) is 5.02 Å². The van der Waals surface area contributed by atoms with Crippen LogP contribution in [0.15, 0.2) is 18.2 Å². The van der Waals surface area contributed by atoms with E-state index in [4.69, 9.17) is 23.2 Å². The summed E-state index contributed by atoms with van der Waals surface area (Å²) in [5.74, 6) is -2.83. The zero-order valence-electron chi connectivity index (χ0n) is 9.20. The van der Waals surface area contributed by atoms with Crippen LogP contribution in [0.5, 0.6) is 0 Å². The zero-order valence-corrected chi connectivity index (χ0v) is 10.7. The number of Topliss-reactive ketones (excluding diaryl/α,β-unsaturated/α-hetero) is 2. The van der Waals surface area contributed by atoms with Gasteiger partial charge in [0.2, 0.25) is 5.91 Å². The Kier molecular flexibility index (Phi) is 3.68. The molecule has 94 valence electrons. The first-order valence-electron chi connectivity index (χ1n) is 5.30. The fourth-order valence-corrected chi connectivity index (χ4v) is 2.31. The Hall–Kier alpha value is -1.39. The van der Waals surface area contributed by atoms with Gasteiger partial charge in [-0.2, -0.15) is 0 Å². The van der Waals surface area contributed by atoms with Crippen molar-refractivity contribution in [3.8, 4) is 0 Å². The van der Waals surface area contributed by atoms with E-state index in [1.165, 1.54) is 18.2 Å². The van der Waals surface area contributed by atoms with Crippen molar-refractivity contribution in [3.05, 3.63) is 33.8 Å². The summed E-state index contributed by atoms with van der Waals surface area (Å²) in [7, 11) is 0. The van der Waals surface area contributed by atoms with Crippen molar-refractivity contribution < 1.29 is 14.4 Å². The van der Waals surface area contributed by atoms with Crippen molar-refractivity contribution in [1.29, 1.82) is 0 Å². The van der Waals surface area contributed by atoms with Crippen LogP contribution in [0.1, 0.15) is 16.8 Å². The third kappa shape index (κ3) is 2.40. The van der Waals surface area contributed by atoms with Gasteiger partial charge in [0.1, 0.15) is 0 Å². The molecule has 1 atom stereocenters. The first-order valence-corrected chi connectivity index (χ1v) is 6.06. The van der Waals surface area contributed by atoms with Crippen molar-refractivity contribution in [2.24, 2.45) is 5.92 Å². The lowest BCUT2D eigenvalue weighted by Crippen LogP contribution is -2.46. The third-order valence-electron chi connectivity index (χ3n) is 2.71. The first-order chi connectivity index (χ1) is 8.50. The molecule has 2 rings (SSSR count). The highest BCUT2D eigenvalue weighted by Gasteiger charge is 2.37. The van der Waals surface area contributed by atoms with Crippen LogP contribution >= 0.6 is 23.2 Å². The fourth-order valence-electron chi connectivity index (χ4n) is 1.81. The summed E-state index contributed by atoms with van der Waals surface area (Å²) in [5.41, 5.74) is 0.136. The number of halogens is 2. The van der Waals surface area contributed by atoms with Gasteiger partial charge in [-0.15, -0.1) is 0 Å². The van der Waals surface area contributed by atoms with Crippen molar-refractivity contribution in [2.75, 3.05) is 6.54 Å². The number of ketones is 2. The summed E-state index contributed by atoms with van der Waals surface area (Å²) in [4.78, 5) is 35.4. The topological polar surface area (TPSA) is 63.2 Å². The molecule has 1 heterocycles. The van der Waals surface area contributed by atoms with Crippen LogP contribution in [0, 0.1) is 5.92 Å². The van der Waals surface area contributed by atoms with Crippen LogP contribution in [0.4, 0.5) is 0 Å². The van der Waals surface area contributed by atoms with Crippen molar-refractivity contribution in [3.63, 3.8) is 0 Å². The molecular formula is C12H9Cl2NO3. The summed E-state index contributed by atoms with van der Waals surface area (Å²) < 4.78 is 0. The number of benzene rings is 1. The maximum Gasteiger partial charge on any atom is 0.238 e. The Morgan fingerprint density at radius 3 is 2.61 bits per heavy atom. The van der Waals surface area contributed by atoms with Gasteiger partial charge in [0.15, 0.2) is 17.5 Å². The Labute approximate surface area is 113 Å². The summed E-state index contributed by atoms with van der Waals surface area (Å²) in [6, 6.07) is 4.32. The quantitative estimate of drug-likeness (QED) is 0.667. The molecule has 1 amide bonds. The molecule has 1 unspecified atom stereocenters. The van der Waals surface area contributed by atoms with E-state index >= 15 is 0 Å². The number of amides is 1. The second-order valence-corrected chi connectivity index (χ2v) is 4.77. The highest BCUT2D eigenvalue weighted by Crippen LogP contribution is 2.24. The van der Waals surface area contributed by atoms with Crippen LogP contribution in [0.2, 0.25) is 10.0 Å². The van der Waals surface area contributed by atoms with Crippen molar-refractivity contribution in [2.45, 2.75) is 6.42 Å². The minimum Gasteiger partial charge on any atom is -0.355 e. The van der Waals surface area contributed by atoms with Crippen molar-refractivity contribution >= 4 is 40.7 Å². The molecule has 4 nitrogen and oxygen atoms in total. The molecule has 1 saturated heterocycles. The minimum absolute atomic E-state index is 0.136. The highest BCUT2D eigenvalue weighted by atomic mass is 35.5. The molecule has 1 fully saturated rings. The van der Waals surface area contributed by atoms with Gasteiger partial charge in [0, 0.05) is 23.6 Å². The van der Waals surface area contributed by atoms with E-state index < -0.39 is 17.6 Å². The van der Waals surface area contributed by atoms with Crippen molar-refractivity contribution in [1.82, 2.24) is 5.32 Å². The molecule has 0 aliphatic carbocycles. The Balaban J connectivity index is 2.35. The molecule has 6 heteroatoms. The van der Waals surface area contributed by atoms with E-state index in [9.17, 15) is 14.4 Å². The number of rotatable bonds is 2. The van der Waals surface area contributed by atoms with Gasteiger partial charge in [0.05, 0.1) is 5.02 Å². The summed E-state index contributed by atoms with van der Waals surface area (Å²) >= 11 is 11.6. The standard InChI is InChI=1S/C12H9Cl2NO3/c13-6-1-2-7(8(14)5-6)11(17)10-9(16)3-4-15-12(10)18/h1-2,5,10H,3-4H2,(H,15,18). The predicted octanol–water partition coefficient (Wildman–Crippen LogP) is 1.88. The normalized spacial score (nSPS) is 19.6. The fraction of sp³-hybridized carbons (Fsp3) is 0.250. The summed E-state index contributed by atoms with van der Waals surface area (Å²) in [6.45, 7) is 0.274. The largest absolute Gasteiger partial charge is 0.355 e. The number of nitrogens with one attached hydrogen (secondary N) is 1. The lowest BCUT2D eigenvalue weighted by molar-refractivity contribution is -0.134. The molecule has 1 aliphatic heterocycles. The summed E-state index contributed by atoms with van der Waals surface area (Å²) in [6.07, 6.45) is 0.160. The zero-order chi connectivity index (χ0) is 13.3. The Bertz CT molecular complexity index is 526. The van der Waals surface area contributed by atoms with Gasteiger partial charge in [-0.05, 0) is 18.2 Å². The number of carbonyl (C=O) groups is 3. The van der Waals surface area contributed by atoms with Crippen LogP contribution in [-0.2, 0) is 9.59 Å². The molecule has 1 aliphatic rings. The average molecular weight is 286 g/mol. The highest BCUT2D eigenvalue weighted by molar-refractivity contribution is 6.38. The van der Waals surface area contributed by atoms with E-state index in [-0.39, 0.29) is 29.3 Å². The molecule has 18 heavy (non-hydrogen) atoms. The predicted molar refractivity (Wildman–Crippen MR) is 66.9 cm³/mol. The maximum absolute atomic E-state index is 12.1. The average Bonchev–Trinajstić information content (AvgIpc) is 2.28. The number of hydrogen-bond acceptors (Lipinski definition) is 3. The van der Waals surface area contributed by atoms with E-state index in [1.54, 1.807) is 0 Å². The van der Waals surface area contributed by atoms with Gasteiger partial charge in [-0.25, -0.2) is 0 Å². The van der Waals surface area contributed by atoms with Gasteiger partial charge in [0.25, 0.3) is 0 Å². The smallest absolute Gasteiger partial charge is 0.238 e. The van der Waals surface area contributed by atoms with Gasteiger partial charge in [-0.3, -0.25) is 14.4 Å².